The number of pyridine rings is 1. The first-order valence-electron chi connectivity index (χ1n) is 5.14. The SMILES string of the molecule is Cc1ccc(OCc2ccc(Br)cn2)c(Br)c1. The summed E-state index contributed by atoms with van der Waals surface area (Å²) >= 11 is 6.83. The van der Waals surface area contributed by atoms with Gasteiger partial charge in [-0.05, 0) is 68.6 Å². The van der Waals surface area contributed by atoms with Crippen LogP contribution in [0.4, 0.5) is 0 Å². The van der Waals surface area contributed by atoms with Gasteiger partial charge in [-0.25, -0.2) is 0 Å². The molecule has 0 bridgehead atoms. The highest BCUT2D eigenvalue weighted by molar-refractivity contribution is 9.10. The van der Waals surface area contributed by atoms with E-state index in [1.807, 2.05) is 37.3 Å². The van der Waals surface area contributed by atoms with Crippen molar-refractivity contribution in [2.45, 2.75) is 13.5 Å². The van der Waals surface area contributed by atoms with Crippen LogP contribution in [0.1, 0.15) is 11.3 Å². The molecule has 0 radical (unpaired) electrons. The van der Waals surface area contributed by atoms with E-state index in [0.29, 0.717) is 6.61 Å². The van der Waals surface area contributed by atoms with Crippen LogP contribution in [0, 0.1) is 6.92 Å². The number of ether oxygens (including phenoxy) is 1. The third-order valence-corrected chi connectivity index (χ3v) is 3.34. The quantitative estimate of drug-likeness (QED) is 0.808. The Morgan fingerprint density at radius 1 is 1.18 bits per heavy atom. The van der Waals surface area contributed by atoms with E-state index in [4.69, 9.17) is 4.74 Å². The molecule has 0 atom stereocenters. The van der Waals surface area contributed by atoms with E-state index < -0.39 is 0 Å². The van der Waals surface area contributed by atoms with Crippen molar-refractivity contribution in [1.82, 2.24) is 4.98 Å². The Morgan fingerprint density at radius 2 is 2.00 bits per heavy atom. The summed E-state index contributed by atoms with van der Waals surface area (Å²) in [7, 11) is 0. The average Bonchev–Trinajstić information content (AvgIpc) is 2.30. The van der Waals surface area contributed by atoms with Crippen LogP contribution in [0.5, 0.6) is 5.75 Å². The lowest BCUT2D eigenvalue weighted by atomic mass is 10.2. The lowest BCUT2D eigenvalue weighted by molar-refractivity contribution is 0.299. The van der Waals surface area contributed by atoms with Gasteiger partial charge in [-0.1, -0.05) is 6.07 Å². The van der Waals surface area contributed by atoms with Crippen molar-refractivity contribution < 1.29 is 4.74 Å². The summed E-state index contributed by atoms with van der Waals surface area (Å²) in [4.78, 5) is 4.25. The van der Waals surface area contributed by atoms with Gasteiger partial charge in [0, 0.05) is 10.7 Å². The summed E-state index contributed by atoms with van der Waals surface area (Å²) in [5.41, 5.74) is 2.10. The molecule has 2 aromatic rings. The predicted octanol–water partition coefficient (Wildman–Crippen LogP) is 4.49. The second-order valence-electron chi connectivity index (χ2n) is 3.69. The van der Waals surface area contributed by atoms with Crippen LogP contribution in [0.15, 0.2) is 45.5 Å². The molecule has 0 saturated heterocycles. The lowest BCUT2D eigenvalue weighted by Gasteiger charge is -2.08. The van der Waals surface area contributed by atoms with Crippen molar-refractivity contribution in [3.05, 3.63) is 56.7 Å². The van der Waals surface area contributed by atoms with Gasteiger partial charge < -0.3 is 4.74 Å². The zero-order valence-corrected chi connectivity index (χ0v) is 12.5. The smallest absolute Gasteiger partial charge is 0.134 e. The third-order valence-electron chi connectivity index (χ3n) is 2.25. The number of hydrogen-bond acceptors (Lipinski definition) is 2. The van der Waals surface area contributed by atoms with E-state index in [9.17, 15) is 0 Å². The Bertz CT molecular complexity index is 511. The summed E-state index contributed by atoms with van der Waals surface area (Å²) in [5, 5.41) is 0. The lowest BCUT2D eigenvalue weighted by Crippen LogP contribution is -1.98. The Balaban J connectivity index is 2.04. The fraction of sp³-hybridized carbons (Fsp3) is 0.154. The van der Waals surface area contributed by atoms with E-state index in [-0.39, 0.29) is 0 Å². The van der Waals surface area contributed by atoms with E-state index in [1.165, 1.54) is 5.56 Å². The molecule has 2 nitrogen and oxygen atoms in total. The minimum absolute atomic E-state index is 0.467. The standard InChI is InChI=1S/C13H11Br2NO/c1-9-2-5-13(12(15)6-9)17-8-11-4-3-10(14)7-16-11/h2-7H,8H2,1H3. The molecule has 4 heteroatoms. The summed E-state index contributed by atoms with van der Waals surface area (Å²) in [6.45, 7) is 2.51. The fourth-order valence-electron chi connectivity index (χ4n) is 1.37. The van der Waals surface area contributed by atoms with Crippen LogP contribution in [-0.2, 0) is 6.61 Å². The van der Waals surface area contributed by atoms with Crippen LogP contribution >= 0.6 is 31.9 Å². The molecule has 0 aliphatic rings. The van der Waals surface area contributed by atoms with Crippen LogP contribution in [0.3, 0.4) is 0 Å². The van der Waals surface area contributed by atoms with Crippen molar-refractivity contribution in [2.24, 2.45) is 0 Å². The molecule has 0 unspecified atom stereocenters. The molecule has 88 valence electrons. The summed E-state index contributed by atoms with van der Waals surface area (Å²) in [6.07, 6.45) is 1.77. The number of hydrogen-bond donors (Lipinski definition) is 0. The van der Waals surface area contributed by atoms with Crippen molar-refractivity contribution >= 4 is 31.9 Å². The van der Waals surface area contributed by atoms with Gasteiger partial charge in [0.2, 0.25) is 0 Å². The maximum Gasteiger partial charge on any atom is 0.134 e. The van der Waals surface area contributed by atoms with Crippen molar-refractivity contribution in [3.63, 3.8) is 0 Å². The largest absolute Gasteiger partial charge is 0.486 e. The van der Waals surface area contributed by atoms with Crippen molar-refractivity contribution in [3.8, 4) is 5.75 Å². The van der Waals surface area contributed by atoms with Crippen molar-refractivity contribution in [1.29, 1.82) is 0 Å². The summed E-state index contributed by atoms with van der Waals surface area (Å²) in [5.74, 6) is 0.834. The monoisotopic (exact) mass is 355 g/mol. The van der Waals surface area contributed by atoms with Crippen LogP contribution in [0.2, 0.25) is 0 Å². The molecule has 0 aliphatic heterocycles. The number of halogens is 2. The van der Waals surface area contributed by atoms with Gasteiger partial charge in [0.25, 0.3) is 0 Å². The Hall–Kier alpha value is -0.870. The van der Waals surface area contributed by atoms with Crippen molar-refractivity contribution in [2.75, 3.05) is 0 Å². The Labute approximate surface area is 117 Å². The van der Waals surface area contributed by atoms with Gasteiger partial charge in [-0.3, -0.25) is 4.98 Å². The topological polar surface area (TPSA) is 22.1 Å². The van der Waals surface area contributed by atoms with Crippen LogP contribution in [-0.4, -0.2) is 4.98 Å². The normalized spacial score (nSPS) is 10.3. The highest BCUT2D eigenvalue weighted by Crippen LogP contribution is 2.26. The highest BCUT2D eigenvalue weighted by Gasteiger charge is 2.02. The first-order valence-corrected chi connectivity index (χ1v) is 6.73. The van der Waals surface area contributed by atoms with E-state index in [1.54, 1.807) is 6.20 Å². The molecular weight excluding hydrogens is 346 g/mol. The zero-order valence-electron chi connectivity index (χ0n) is 9.28. The average molecular weight is 357 g/mol. The third kappa shape index (κ3) is 3.54. The van der Waals surface area contributed by atoms with Gasteiger partial charge in [0.15, 0.2) is 0 Å². The number of benzene rings is 1. The molecule has 0 aliphatic carbocycles. The van der Waals surface area contributed by atoms with Crippen LogP contribution in [0.25, 0.3) is 0 Å². The molecule has 2 rings (SSSR count). The summed E-state index contributed by atoms with van der Waals surface area (Å²) in [6, 6.07) is 9.90. The molecule has 1 aromatic heterocycles. The van der Waals surface area contributed by atoms with E-state index in [2.05, 4.69) is 36.8 Å². The minimum Gasteiger partial charge on any atom is -0.486 e. The molecule has 17 heavy (non-hydrogen) atoms. The zero-order chi connectivity index (χ0) is 12.3. The minimum atomic E-state index is 0.467. The Morgan fingerprint density at radius 3 is 2.65 bits per heavy atom. The number of nitrogens with zero attached hydrogens (tertiary/aromatic N) is 1. The van der Waals surface area contributed by atoms with Gasteiger partial charge in [-0.2, -0.15) is 0 Å². The van der Waals surface area contributed by atoms with E-state index >= 15 is 0 Å². The maximum absolute atomic E-state index is 5.69. The number of aryl methyl sites for hydroxylation is 1. The number of aromatic nitrogens is 1. The maximum atomic E-state index is 5.69. The molecule has 0 saturated carbocycles. The fourth-order valence-corrected chi connectivity index (χ4v) is 2.21. The first kappa shape index (κ1) is 12.6. The molecule has 1 aromatic carbocycles. The highest BCUT2D eigenvalue weighted by atomic mass is 79.9. The molecular formula is C13H11Br2NO. The summed E-state index contributed by atoms with van der Waals surface area (Å²) < 4.78 is 7.63. The predicted molar refractivity (Wildman–Crippen MR) is 75.1 cm³/mol. The number of rotatable bonds is 3. The second-order valence-corrected chi connectivity index (χ2v) is 5.46. The molecule has 0 amide bonds. The molecule has 1 heterocycles. The Kier molecular flexibility index (Phi) is 4.18. The van der Waals surface area contributed by atoms with Gasteiger partial charge in [0.05, 0.1) is 10.2 Å². The second kappa shape index (κ2) is 5.65. The molecule has 0 fully saturated rings. The van der Waals surface area contributed by atoms with Crippen LogP contribution < -0.4 is 4.74 Å². The van der Waals surface area contributed by atoms with E-state index in [0.717, 1.165) is 20.4 Å². The first-order chi connectivity index (χ1) is 8.15. The van der Waals surface area contributed by atoms with Gasteiger partial charge >= 0.3 is 0 Å². The molecule has 0 N–H and O–H groups in total. The van der Waals surface area contributed by atoms with Gasteiger partial charge in [-0.15, -0.1) is 0 Å². The van der Waals surface area contributed by atoms with Gasteiger partial charge in [0.1, 0.15) is 12.4 Å². The molecule has 0 spiro atoms.